The van der Waals surface area contributed by atoms with Gasteiger partial charge in [0, 0.05) is 6.42 Å². The van der Waals surface area contributed by atoms with Gasteiger partial charge in [0.15, 0.2) is 0 Å². The van der Waals surface area contributed by atoms with Crippen LogP contribution in [0.2, 0.25) is 0 Å². The van der Waals surface area contributed by atoms with E-state index in [1.54, 1.807) is 0 Å². The standard InChI is InChI=1S/C14H20O4/c1-4-18-13-8-9(2)11(7-10(13)3)12(15)5-6-14(16)17/h7-8,12,15H,4-6H2,1-3H3,(H,16,17). The zero-order chi connectivity index (χ0) is 13.7. The molecule has 2 N–H and O–H groups in total. The molecule has 1 aromatic carbocycles. The molecular weight excluding hydrogens is 232 g/mol. The number of ether oxygens (including phenoxy) is 1. The van der Waals surface area contributed by atoms with Crippen molar-refractivity contribution in [3.05, 3.63) is 28.8 Å². The third-order valence-electron chi connectivity index (χ3n) is 2.85. The van der Waals surface area contributed by atoms with Crippen LogP contribution in [0, 0.1) is 13.8 Å². The van der Waals surface area contributed by atoms with Crippen LogP contribution in [0.5, 0.6) is 5.75 Å². The highest BCUT2D eigenvalue weighted by Gasteiger charge is 2.14. The number of hydrogen-bond donors (Lipinski definition) is 2. The zero-order valence-electron chi connectivity index (χ0n) is 11.1. The molecule has 0 radical (unpaired) electrons. The molecule has 0 aliphatic heterocycles. The Kier molecular flexibility index (Phi) is 5.16. The molecule has 0 spiro atoms. The summed E-state index contributed by atoms with van der Waals surface area (Å²) in [5.74, 6) is -0.0847. The molecule has 1 aromatic rings. The smallest absolute Gasteiger partial charge is 0.303 e. The normalized spacial score (nSPS) is 12.2. The lowest BCUT2D eigenvalue weighted by Gasteiger charge is -2.16. The van der Waals surface area contributed by atoms with Crippen molar-refractivity contribution in [3.63, 3.8) is 0 Å². The van der Waals surface area contributed by atoms with Gasteiger partial charge in [0.2, 0.25) is 0 Å². The summed E-state index contributed by atoms with van der Waals surface area (Å²) >= 11 is 0. The first-order valence-electron chi connectivity index (χ1n) is 6.09. The molecule has 0 amide bonds. The molecule has 4 nitrogen and oxygen atoms in total. The number of rotatable bonds is 6. The molecule has 100 valence electrons. The molecule has 0 aliphatic carbocycles. The lowest BCUT2D eigenvalue weighted by molar-refractivity contribution is -0.137. The van der Waals surface area contributed by atoms with E-state index in [0.717, 1.165) is 22.4 Å². The van der Waals surface area contributed by atoms with Gasteiger partial charge in [0.25, 0.3) is 0 Å². The van der Waals surface area contributed by atoms with E-state index < -0.39 is 12.1 Å². The van der Waals surface area contributed by atoms with Crippen molar-refractivity contribution in [3.8, 4) is 5.75 Å². The van der Waals surface area contributed by atoms with Crippen molar-refractivity contribution in [2.24, 2.45) is 0 Å². The average molecular weight is 252 g/mol. The number of aliphatic hydroxyl groups excluding tert-OH is 1. The molecule has 0 saturated heterocycles. The highest BCUT2D eigenvalue weighted by molar-refractivity contribution is 5.66. The molecule has 1 atom stereocenters. The van der Waals surface area contributed by atoms with Gasteiger partial charge in [-0.3, -0.25) is 4.79 Å². The van der Waals surface area contributed by atoms with E-state index in [2.05, 4.69) is 0 Å². The van der Waals surface area contributed by atoms with Crippen molar-refractivity contribution >= 4 is 5.97 Å². The average Bonchev–Trinajstić information content (AvgIpc) is 2.30. The molecule has 18 heavy (non-hydrogen) atoms. The van der Waals surface area contributed by atoms with Gasteiger partial charge in [-0.15, -0.1) is 0 Å². The second-order valence-electron chi connectivity index (χ2n) is 4.36. The van der Waals surface area contributed by atoms with Crippen molar-refractivity contribution in [2.75, 3.05) is 6.61 Å². The Morgan fingerprint density at radius 1 is 1.33 bits per heavy atom. The molecule has 0 aromatic heterocycles. The highest BCUT2D eigenvalue weighted by Crippen LogP contribution is 2.28. The minimum atomic E-state index is -0.894. The number of aliphatic hydroxyl groups is 1. The predicted molar refractivity (Wildman–Crippen MR) is 68.9 cm³/mol. The molecule has 1 unspecified atom stereocenters. The number of carboxylic acids is 1. The molecule has 0 fully saturated rings. The predicted octanol–water partition coefficient (Wildman–Crippen LogP) is 2.60. The maximum absolute atomic E-state index is 10.5. The first-order chi connectivity index (χ1) is 8.45. The number of benzene rings is 1. The number of hydrogen-bond acceptors (Lipinski definition) is 3. The summed E-state index contributed by atoms with van der Waals surface area (Å²) in [6, 6.07) is 3.75. The van der Waals surface area contributed by atoms with E-state index in [1.165, 1.54) is 0 Å². The number of aryl methyl sites for hydroxylation is 2. The van der Waals surface area contributed by atoms with Crippen molar-refractivity contribution in [1.29, 1.82) is 0 Å². The van der Waals surface area contributed by atoms with Gasteiger partial charge in [-0.05, 0) is 56.0 Å². The molecule has 0 bridgehead atoms. The van der Waals surface area contributed by atoms with Gasteiger partial charge in [-0.25, -0.2) is 0 Å². The summed E-state index contributed by atoms with van der Waals surface area (Å²) < 4.78 is 5.47. The largest absolute Gasteiger partial charge is 0.494 e. The maximum atomic E-state index is 10.5. The Bertz CT molecular complexity index is 426. The van der Waals surface area contributed by atoms with Crippen LogP contribution in [0.15, 0.2) is 12.1 Å². The first kappa shape index (κ1) is 14.5. The Morgan fingerprint density at radius 2 is 2.00 bits per heavy atom. The van der Waals surface area contributed by atoms with Crippen molar-refractivity contribution in [1.82, 2.24) is 0 Å². The van der Waals surface area contributed by atoms with Crippen LogP contribution in [0.4, 0.5) is 0 Å². The minimum absolute atomic E-state index is 0.0349. The number of carbonyl (C=O) groups is 1. The topological polar surface area (TPSA) is 66.8 Å². The van der Waals surface area contributed by atoms with Gasteiger partial charge in [0.1, 0.15) is 5.75 Å². The number of carboxylic acid groups (broad SMARTS) is 1. The zero-order valence-corrected chi connectivity index (χ0v) is 11.1. The third kappa shape index (κ3) is 3.74. The quantitative estimate of drug-likeness (QED) is 0.816. The summed E-state index contributed by atoms with van der Waals surface area (Å²) in [5, 5.41) is 18.6. The van der Waals surface area contributed by atoms with Gasteiger partial charge in [-0.2, -0.15) is 0 Å². The summed E-state index contributed by atoms with van der Waals surface area (Å²) in [7, 11) is 0. The van der Waals surface area contributed by atoms with Gasteiger partial charge in [0.05, 0.1) is 12.7 Å². The Hall–Kier alpha value is -1.55. The highest BCUT2D eigenvalue weighted by atomic mass is 16.5. The summed E-state index contributed by atoms with van der Waals surface area (Å²) in [5.41, 5.74) is 2.64. The van der Waals surface area contributed by atoms with Crippen LogP contribution in [-0.4, -0.2) is 22.8 Å². The summed E-state index contributed by atoms with van der Waals surface area (Å²) in [6.45, 7) is 6.32. The Balaban J connectivity index is 2.89. The van der Waals surface area contributed by atoms with E-state index in [-0.39, 0.29) is 12.8 Å². The van der Waals surface area contributed by atoms with Crippen LogP contribution >= 0.6 is 0 Å². The maximum Gasteiger partial charge on any atom is 0.303 e. The molecular formula is C14H20O4. The van der Waals surface area contributed by atoms with E-state index in [0.29, 0.717) is 6.61 Å². The van der Waals surface area contributed by atoms with Gasteiger partial charge >= 0.3 is 5.97 Å². The van der Waals surface area contributed by atoms with E-state index in [9.17, 15) is 9.90 Å². The fourth-order valence-electron chi connectivity index (χ4n) is 1.90. The van der Waals surface area contributed by atoms with E-state index in [1.807, 2.05) is 32.9 Å². The second kappa shape index (κ2) is 6.40. The van der Waals surface area contributed by atoms with E-state index in [4.69, 9.17) is 9.84 Å². The lowest BCUT2D eigenvalue weighted by atomic mass is 9.97. The molecule has 0 heterocycles. The monoisotopic (exact) mass is 252 g/mol. The van der Waals surface area contributed by atoms with Crippen LogP contribution in [0.3, 0.4) is 0 Å². The van der Waals surface area contributed by atoms with Crippen molar-refractivity contribution in [2.45, 2.75) is 39.7 Å². The Labute approximate surface area is 107 Å². The lowest BCUT2D eigenvalue weighted by Crippen LogP contribution is -2.05. The van der Waals surface area contributed by atoms with Crippen molar-refractivity contribution < 1.29 is 19.7 Å². The summed E-state index contributed by atoms with van der Waals surface area (Å²) in [6.07, 6.45) is -0.549. The van der Waals surface area contributed by atoms with Crippen LogP contribution < -0.4 is 4.74 Å². The van der Waals surface area contributed by atoms with Crippen LogP contribution in [0.1, 0.15) is 42.6 Å². The second-order valence-corrected chi connectivity index (χ2v) is 4.36. The molecule has 0 saturated carbocycles. The molecule has 1 rings (SSSR count). The van der Waals surface area contributed by atoms with Crippen LogP contribution in [-0.2, 0) is 4.79 Å². The fraction of sp³-hybridized carbons (Fsp3) is 0.500. The van der Waals surface area contributed by atoms with Crippen LogP contribution in [0.25, 0.3) is 0 Å². The first-order valence-corrected chi connectivity index (χ1v) is 6.09. The molecule has 4 heteroatoms. The van der Waals surface area contributed by atoms with Gasteiger partial charge < -0.3 is 14.9 Å². The van der Waals surface area contributed by atoms with Gasteiger partial charge in [-0.1, -0.05) is 0 Å². The SMILES string of the molecule is CCOc1cc(C)c(C(O)CCC(=O)O)cc1C. The number of aliphatic carboxylic acids is 1. The third-order valence-corrected chi connectivity index (χ3v) is 2.85. The fourth-order valence-corrected chi connectivity index (χ4v) is 1.90. The molecule has 0 aliphatic rings. The van der Waals surface area contributed by atoms with E-state index >= 15 is 0 Å². The minimum Gasteiger partial charge on any atom is -0.494 e. The summed E-state index contributed by atoms with van der Waals surface area (Å²) in [4.78, 5) is 10.5. The Morgan fingerprint density at radius 3 is 2.56 bits per heavy atom.